The van der Waals surface area contributed by atoms with E-state index in [-0.39, 0.29) is 24.1 Å². The highest BCUT2D eigenvalue weighted by atomic mass is 16.2. The summed E-state index contributed by atoms with van der Waals surface area (Å²) in [6.45, 7) is 4.76. The molecule has 0 aliphatic heterocycles. The lowest BCUT2D eigenvalue weighted by molar-refractivity contribution is -0.121. The van der Waals surface area contributed by atoms with Crippen LogP contribution in [0.4, 0.5) is 11.4 Å². The molecule has 22 heavy (non-hydrogen) atoms. The van der Waals surface area contributed by atoms with E-state index in [0.717, 1.165) is 0 Å². The molecular formula is C15H20N4O3. The summed E-state index contributed by atoms with van der Waals surface area (Å²) in [6.07, 6.45) is 0.367. The van der Waals surface area contributed by atoms with Crippen LogP contribution in [-0.4, -0.2) is 23.4 Å². The molecule has 0 radical (unpaired) electrons. The van der Waals surface area contributed by atoms with Crippen molar-refractivity contribution < 1.29 is 14.4 Å². The first kappa shape index (κ1) is 17.4. The number of rotatable bonds is 6. The summed E-state index contributed by atoms with van der Waals surface area (Å²) in [6, 6.07) is 6.89. The smallest absolute Gasteiger partial charge is 0.239 e. The zero-order valence-electron chi connectivity index (χ0n) is 12.9. The van der Waals surface area contributed by atoms with Crippen molar-refractivity contribution in [3.8, 4) is 0 Å². The van der Waals surface area contributed by atoms with Gasteiger partial charge in [-0.1, -0.05) is 19.1 Å². The summed E-state index contributed by atoms with van der Waals surface area (Å²) < 4.78 is 0. The summed E-state index contributed by atoms with van der Waals surface area (Å²) in [7, 11) is 0. The number of hydrogen-bond acceptors (Lipinski definition) is 4. The van der Waals surface area contributed by atoms with Crippen molar-refractivity contribution in [3.05, 3.63) is 24.3 Å². The van der Waals surface area contributed by atoms with E-state index in [1.807, 2.05) is 0 Å². The Morgan fingerprint density at radius 3 is 2.14 bits per heavy atom. The second kappa shape index (κ2) is 8.56. The predicted molar refractivity (Wildman–Crippen MR) is 85.5 cm³/mol. The molecule has 0 bridgehead atoms. The van der Waals surface area contributed by atoms with Crippen molar-refractivity contribution >= 4 is 34.8 Å². The Balaban J connectivity index is 2.65. The fourth-order valence-electron chi connectivity index (χ4n) is 1.59. The van der Waals surface area contributed by atoms with Crippen molar-refractivity contribution in [2.75, 3.05) is 10.6 Å². The van der Waals surface area contributed by atoms with E-state index in [4.69, 9.17) is 0 Å². The van der Waals surface area contributed by atoms with Crippen LogP contribution in [-0.2, 0) is 14.4 Å². The van der Waals surface area contributed by atoms with Gasteiger partial charge in [0.25, 0.3) is 0 Å². The summed E-state index contributed by atoms with van der Waals surface area (Å²) in [4.78, 5) is 34.2. The Bertz CT molecular complexity index is 596. The molecule has 7 heteroatoms. The number of hydrazone groups is 1. The topological polar surface area (TPSA) is 99.7 Å². The molecule has 0 fully saturated rings. The number of para-hydroxylation sites is 2. The third-order valence-corrected chi connectivity index (χ3v) is 2.62. The molecule has 0 atom stereocenters. The second-order valence-corrected chi connectivity index (χ2v) is 4.69. The van der Waals surface area contributed by atoms with Crippen molar-refractivity contribution in [3.63, 3.8) is 0 Å². The van der Waals surface area contributed by atoms with Crippen LogP contribution in [0.5, 0.6) is 0 Å². The highest BCUT2D eigenvalue weighted by Crippen LogP contribution is 2.20. The van der Waals surface area contributed by atoms with Crippen LogP contribution in [0.15, 0.2) is 29.4 Å². The van der Waals surface area contributed by atoms with E-state index in [1.54, 1.807) is 38.1 Å². The highest BCUT2D eigenvalue weighted by Gasteiger charge is 2.09. The molecule has 0 aromatic heterocycles. The maximum atomic E-state index is 12.0. The lowest BCUT2D eigenvalue weighted by Crippen LogP contribution is -2.21. The normalized spacial score (nSPS) is 10.8. The second-order valence-electron chi connectivity index (χ2n) is 4.69. The van der Waals surface area contributed by atoms with Gasteiger partial charge in [-0.05, 0) is 19.1 Å². The van der Waals surface area contributed by atoms with Gasteiger partial charge in [0.05, 0.1) is 17.8 Å². The van der Waals surface area contributed by atoms with E-state index in [1.165, 1.54) is 6.92 Å². The minimum absolute atomic E-state index is 0.0401. The average Bonchev–Trinajstić information content (AvgIpc) is 2.46. The van der Waals surface area contributed by atoms with Gasteiger partial charge in [0.1, 0.15) is 0 Å². The minimum atomic E-state index is -0.287. The summed E-state index contributed by atoms with van der Waals surface area (Å²) >= 11 is 0. The Morgan fingerprint density at radius 1 is 1.00 bits per heavy atom. The molecule has 1 rings (SSSR count). The van der Waals surface area contributed by atoms with E-state index in [9.17, 15) is 14.4 Å². The number of nitrogens with one attached hydrogen (secondary N) is 3. The van der Waals surface area contributed by atoms with Gasteiger partial charge < -0.3 is 10.6 Å². The van der Waals surface area contributed by atoms with Crippen molar-refractivity contribution in [2.45, 2.75) is 33.6 Å². The lowest BCUT2D eigenvalue weighted by atomic mass is 10.2. The van der Waals surface area contributed by atoms with E-state index in [2.05, 4.69) is 21.2 Å². The van der Waals surface area contributed by atoms with Crippen LogP contribution in [0.1, 0.15) is 33.6 Å². The molecule has 3 N–H and O–H groups in total. The zero-order chi connectivity index (χ0) is 16.5. The molecule has 3 amide bonds. The third kappa shape index (κ3) is 6.17. The van der Waals surface area contributed by atoms with Gasteiger partial charge in [0.2, 0.25) is 17.7 Å². The molecule has 0 heterocycles. The van der Waals surface area contributed by atoms with Gasteiger partial charge in [-0.2, -0.15) is 5.10 Å². The fraction of sp³-hybridized carbons (Fsp3) is 0.333. The highest BCUT2D eigenvalue weighted by molar-refractivity contribution is 6.07. The first-order chi connectivity index (χ1) is 10.4. The van der Waals surface area contributed by atoms with Crippen LogP contribution < -0.4 is 16.1 Å². The predicted octanol–water partition coefficient (Wildman–Crippen LogP) is 1.88. The Kier molecular flexibility index (Phi) is 6.75. The first-order valence-electron chi connectivity index (χ1n) is 6.90. The quantitative estimate of drug-likeness (QED) is 0.552. The van der Waals surface area contributed by atoms with Crippen LogP contribution in [0.3, 0.4) is 0 Å². The number of hydrogen-bond donors (Lipinski definition) is 3. The van der Waals surface area contributed by atoms with Gasteiger partial charge in [-0.25, -0.2) is 5.43 Å². The molecule has 1 aromatic rings. The SMILES string of the molecule is CCC(=O)N/N=C(\C)CC(=O)Nc1ccccc1NC(C)=O. The standard InChI is InChI=1S/C15H20N4O3/c1-4-14(21)19-18-10(2)9-15(22)17-13-8-6-5-7-12(13)16-11(3)20/h5-8H,4,9H2,1-3H3,(H,16,20)(H,17,22)(H,19,21)/b18-10+. The van der Waals surface area contributed by atoms with Crippen LogP contribution in [0.2, 0.25) is 0 Å². The molecular weight excluding hydrogens is 284 g/mol. The van der Waals surface area contributed by atoms with Gasteiger partial charge in [-0.3, -0.25) is 14.4 Å². The maximum absolute atomic E-state index is 12.0. The monoisotopic (exact) mass is 304 g/mol. The van der Waals surface area contributed by atoms with Gasteiger partial charge >= 0.3 is 0 Å². The molecule has 0 unspecified atom stereocenters. The minimum Gasteiger partial charge on any atom is -0.325 e. The van der Waals surface area contributed by atoms with Gasteiger partial charge in [-0.15, -0.1) is 0 Å². The molecule has 1 aromatic carbocycles. The third-order valence-electron chi connectivity index (χ3n) is 2.62. The van der Waals surface area contributed by atoms with Gasteiger partial charge in [0.15, 0.2) is 0 Å². The Hall–Kier alpha value is -2.70. The van der Waals surface area contributed by atoms with E-state index < -0.39 is 0 Å². The average molecular weight is 304 g/mol. The Morgan fingerprint density at radius 2 is 1.59 bits per heavy atom. The summed E-state index contributed by atoms with van der Waals surface area (Å²) in [5.74, 6) is -0.720. The summed E-state index contributed by atoms with van der Waals surface area (Å²) in [5.41, 5.74) is 3.87. The number of benzene rings is 1. The number of anilines is 2. The molecule has 0 aliphatic rings. The number of nitrogens with zero attached hydrogens (tertiary/aromatic N) is 1. The van der Waals surface area contributed by atoms with Crippen LogP contribution in [0.25, 0.3) is 0 Å². The maximum Gasteiger partial charge on any atom is 0.239 e. The van der Waals surface area contributed by atoms with Crippen molar-refractivity contribution in [2.24, 2.45) is 5.10 Å². The molecule has 0 aliphatic carbocycles. The van der Waals surface area contributed by atoms with Gasteiger partial charge in [0, 0.05) is 19.1 Å². The fourth-order valence-corrected chi connectivity index (χ4v) is 1.59. The molecule has 118 valence electrons. The number of amides is 3. The van der Waals surface area contributed by atoms with Crippen LogP contribution >= 0.6 is 0 Å². The van der Waals surface area contributed by atoms with Crippen molar-refractivity contribution in [1.82, 2.24) is 5.43 Å². The molecule has 0 spiro atoms. The zero-order valence-corrected chi connectivity index (χ0v) is 12.9. The van der Waals surface area contributed by atoms with E-state index >= 15 is 0 Å². The first-order valence-corrected chi connectivity index (χ1v) is 6.90. The number of carbonyl (C=O) groups excluding carboxylic acids is 3. The largest absolute Gasteiger partial charge is 0.325 e. The molecule has 0 saturated heterocycles. The number of carbonyl (C=O) groups is 3. The Labute approximate surface area is 129 Å². The molecule has 7 nitrogen and oxygen atoms in total. The lowest BCUT2D eigenvalue weighted by Gasteiger charge is -2.11. The molecule has 0 saturated carbocycles. The summed E-state index contributed by atoms with van der Waals surface area (Å²) in [5, 5.41) is 9.17. The van der Waals surface area contributed by atoms with Crippen molar-refractivity contribution in [1.29, 1.82) is 0 Å². The van der Waals surface area contributed by atoms with Crippen LogP contribution in [0, 0.1) is 0 Å². The van der Waals surface area contributed by atoms with E-state index in [0.29, 0.717) is 23.5 Å².